The largest absolute Gasteiger partial charge is 0.467 e. The molecule has 4 heterocycles. The number of thiophene rings is 1. The molecule has 0 atom stereocenters. The molecule has 0 bridgehead atoms. The number of tetrazole rings is 1. The number of aromatic nitrogens is 5. The molecule has 9 heteroatoms. The number of aryl methyl sites for hydroxylation is 1. The molecule has 1 aromatic carbocycles. The summed E-state index contributed by atoms with van der Waals surface area (Å²) in [6.45, 7) is 4.12. The minimum Gasteiger partial charge on any atom is -0.467 e. The van der Waals surface area contributed by atoms with Crippen molar-refractivity contribution >= 4 is 22.2 Å². The van der Waals surface area contributed by atoms with Gasteiger partial charge in [0, 0.05) is 23.5 Å². The molecular weight excluding hydrogens is 424 g/mol. The van der Waals surface area contributed by atoms with Crippen molar-refractivity contribution in [1.29, 1.82) is 0 Å². The Hall–Kier alpha value is -3.56. The molecule has 0 saturated heterocycles. The van der Waals surface area contributed by atoms with E-state index in [1.54, 1.807) is 22.3 Å². The summed E-state index contributed by atoms with van der Waals surface area (Å²) in [7, 11) is 0. The molecule has 0 unspecified atom stereocenters. The number of benzene rings is 1. The summed E-state index contributed by atoms with van der Waals surface area (Å²) < 4.78 is 7.17. The van der Waals surface area contributed by atoms with E-state index in [4.69, 9.17) is 4.42 Å². The van der Waals surface area contributed by atoms with E-state index in [0.717, 1.165) is 22.2 Å². The zero-order valence-electron chi connectivity index (χ0n) is 17.6. The highest BCUT2D eigenvalue weighted by atomic mass is 32.1. The molecule has 32 heavy (non-hydrogen) atoms. The van der Waals surface area contributed by atoms with Gasteiger partial charge in [-0.1, -0.05) is 24.3 Å². The van der Waals surface area contributed by atoms with Crippen LogP contribution in [-0.2, 0) is 26.2 Å². The first-order chi connectivity index (χ1) is 15.7. The van der Waals surface area contributed by atoms with Crippen LogP contribution in [0.15, 0.2) is 69.4 Å². The standard InChI is InChI=1S/C23H22N6O2S/c1-16-5-2-6-17-11-18(23(30)24-22(16)17)12-28(14-20-8-4-10-32-20)15-21-25-26-27-29(21)13-19-7-3-9-31-19/h2-11H,12-15H2,1H3,(H,24,30). The molecule has 0 radical (unpaired) electrons. The van der Waals surface area contributed by atoms with Gasteiger partial charge in [-0.15, -0.1) is 16.4 Å². The average Bonchev–Trinajstić information content (AvgIpc) is 3.54. The second-order valence-electron chi connectivity index (χ2n) is 7.72. The van der Waals surface area contributed by atoms with Crippen LogP contribution in [0.25, 0.3) is 10.9 Å². The summed E-state index contributed by atoms with van der Waals surface area (Å²) in [5, 5.41) is 15.3. The lowest BCUT2D eigenvalue weighted by molar-refractivity contribution is 0.237. The maximum absolute atomic E-state index is 12.9. The lowest BCUT2D eigenvalue weighted by Gasteiger charge is -2.21. The summed E-state index contributed by atoms with van der Waals surface area (Å²) in [5.41, 5.74) is 2.58. The van der Waals surface area contributed by atoms with E-state index < -0.39 is 0 Å². The molecule has 162 valence electrons. The molecule has 1 N–H and O–H groups in total. The van der Waals surface area contributed by atoms with Crippen LogP contribution in [-0.4, -0.2) is 30.1 Å². The molecule has 8 nitrogen and oxygen atoms in total. The van der Waals surface area contributed by atoms with Gasteiger partial charge in [0.05, 0.1) is 18.3 Å². The normalized spacial score (nSPS) is 11.6. The number of hydrogen-bond acceptors (Lipinski definition) is 7. The van der Waals surface area contributed by atoms with Gasteiger partial charge in [-0.3, -0.25) is 9.69 Å². The van der Waals surface area contributed by atoms with Crippen molar-refractivity contribution in [2.24, 2.45) is 0 Å². The molecule has 0 aliphatic rings. The Morgan fingerprint density at radius 1 is 1.12 bits per heavy atom. The monoisotopic (exact) mass is 446 g/mol. The number of aromatic amines is 1. The van der Waals surface area contributed by atoms with Crippen molar-refractivity contribution < 1.29 is 4.42 Å². The van der Waals surface area contributed by atoms with Gasteiger partial charge < -0.3 is 9.40 Å². The fourth-order valence-corrected chi connectivity index (χ4v) is 4.53. The molecule has 0 amide bonds. The Balaban J connectivity index is 1.44. The van der Waals surface area contributed by atoms with E-state index in [2.05, 4.69) is 36.9 Å². The fraction of sp³-hybridized carbons (Fsp3) is 0.217. The highest BCUT2D eigenvalue weighted by Gasteiger charge is 2.17. The average molecular weight is 447 g/mol. The second-order valence-corrected chi connectivity index (χ2v) is 8.75. The Labute approximate surface area is 188 Å². The number of H-pyrrole nitrogens is 1. The first kappa shape index (κ1) is 20.3. The lowest BCUT2D eigenvalue weighted by Crippen LogP contribution is -2.28. The first-order valence-electron chi connectivity index (χ1n) is 10.3. The second kappa shape index (κ2) is 8.89. The first-order valence-corrected chi connectivity index (χ1v) is 11.2. The summed E-state index contributed by atoms with van der Waals surface area (Å²) >= 11 is 1.69. The molecule has 0 saturated carbocycles. The minimum absolute atomic E-state index is 0.0712. The van der Waals surface area contributed by atoms with Crippen LogP contribution in [0, 0.1) is 6.92 Å². The van der Waals surface area contributed by atoms with Gasteiger partial charge in [0.2, 0.25) is 0 Å². The van der Waals surface area contributed by atoms with Crippen molar-refractivity contribution in [3.8, 4) is 0 Å². The van der Waals surface area contributed by atoms with Gasteiger partial charge in [-0.25, -0.2) is 4.68 Å². The van der Waals surface area contributed by atoms with Gasteiger partial charge in [0.1, 0.15) is 12.3 Å². The van der Waals surface area contributed by atoms with Crippen LogP contribution in [0.5, 0.6) is 0 Å². The number of fused-ring (bicyclic) bond motifs is 1. The quantitative estimate of drug-likeness (QED) is 0.390. The van der Waals surface area contributed by atoms with Crippen LogP contribution in [0.1, 0.15) is 27.6 Å². The molecule has 0 spiro atoms. The van der Waals surface area contributed by atoms with Crippen LogP contribution in [0.3, 0.4) is 0 Å². The van der Waals surface area contributed by atoms with E-state index in [0.29, 0.717) is 37.6 Å². The maximum Gasteiger partial charge on any atom is 0.252 e. The number of rotatable bonds is 8. The van der Waals surface area contributed by atoms with E-state index in [1.807, 2.05) is 49.4 Å². The molecule has 5 rings (SSSR count). The number of nitrogens with zero attached hydrogens (tertiary/aromatic N) is 5. The molecule has 0 fully saturated rings. The Bertz CT molecular complexity index is 1370. The topological polar surface area (TPSA) is 92.8 Å². The highest BCUT2D eigenvalue weighted by Crippen LogP contribution is 2.19. The van der Waals surface area contributed by atoms with E-state index in [9.17, 15) is 4.79 Å². The number of pyridine rings is 1. The fourth-order valence-electron chi connectivity index (χ4n) is 3.79. The van der Waals surface area contributed by atoms with Crippen molar-refractivity contribution in [3.63, 3.8) is 0 Å². The Morgan fingerprint density at radius 2 is 2.06 bits per heavy atom. The number of furan rings is 1. The molecule has 5 aromatic rings. The summed E-state index contributed by atoms with van der Waals surface area (Å²) in [6.07, 6.45) is 1.64. The molecule has 4 aromatic heterocycles. The van der Waals surface area contributed by atoms with Crippen molar-refractivity contribution in [2.75, 3.05) is 0 Å². The van der Waals surface area contributed by atoms with Gasteiger partial charge in [0.15, 0.2) is 5.82 Å². The zero-order valence-corrected chi connectivity index (χ0v) is 18.4. The minimum atomic E-state index is -0.0712. The van der Waals surface area contributed by atoms with Crippen molar-refractivity contribution in [3.05, 3.63) is 98.1 Å². The van der Waals surface area contributed by atoms with E-state index in [-0.39, 0.29) is 5.56 Å². The van der Waals surface area contributed by atoms with Crippen LogP contribution in [0.2, 0.25) is 0 Å². The predicted molar refractivity (Wildman–Crippen MR) is 122 cm³/mol. The summed E-state index contributed by atoms with van der Waals surface area (Å²) in [5.74, 6) is 1.50. The lowest BCUT2D eigenvalue weighted by atomic mass is 10.1. The highest BCUT2D eigenvalue weighted by molar-refractivity contribution is 7.09. The number of hydrogen-bond donors (Lipinski definition) is 1. The SMILES string of the molecule is Cc1cccc2cc(CN(Cc3cccs3)Cc3nnnn3Cc3ccco3)c(=O)[nH]c12. The Morgan fingerprint density at radius 3 is 2.88 bits per heavy atom. The number of nitrogens with one attached hydrogen (secondary N) is 1. The zero-order chi connectivity index (χ0) is 21.9. The predicted octanol–water partition coefficient (Wildman–Crippen LogP) is 3.73. The van der Waals surface area contributed by atoms with Gasteiger partial charge in [-0.2, -0.15) is 0 Å². The number of para-hydroxylation sites is 1. The smallest absolute Gasteiger partial charge is 0.252 e. The molecule has 0 aliphatic heterocycles. The van der Waals surface area contributed by atoms with E-state index >= 15 is 0 Å². The van der Waals surface area contributed by atoms with Gasteiger partial charge in [-0.05, 0) is 57.9 Å². The third-order valence-corrected chi connectivity index (χ3v) is 6.24. The van der Waals surface area contributed by atoms with Crippen LogP contribution < -0.4 is 5.56 Å². The molecular formula is C23H22N6O2S. The van der Waals surface area contributed by atoms with E-state index in [1.165, 1.54) is 4.88 Å². The summed E-state index contributed by atoms with van der Waals surface area (Å²) in [6, 6.07) is 15.9. The maximum atomic E-state index is 12.9. The summed E-state index contributed by atoms with van der Waals surface area (Å²) in [4.78, 5) is 19.3. The Kier molecular flexibility index (Phi) is 5.66. The van der Waals surface area contributed by atoms with Gasteiger partial charge >= 0.3 is 0 Å². The molecule has 0 aliphatic carbocycles. The third-order valence-electron chi connectivity index (χ3n) is 5.38. The van der Waals surface area contributed by atoms with Crippen molar-refractivity contribution in [1.82, 2.24) is 30.1 Å². The van der Waals surface area contributed by atoms with Crippen LogP contribution >= 0.6 is 11.3 Å². The van der Waals surface area contributed by atoms with Gasteiger partial charge in [0.25, 0.3) is 5.56 Å². The van der Waals surface area contributed by atoms with Crippen molar-refractivity contribution in [2.45, 2.75) is 33.1 Å². The third kappa shape index (κ3) is 4.39. The van der Waals surface area contributed by atoms with Crippen LogP contribution in [0.4, 0.5) is 0 Å².